The van der Waals surface area contributed by atoms with Gasteiger partial charge in [-0.25, -0.2) is 0 Å². The van der Waals surface area contributed by atoms with Crippen LogP contribution in [0.4, 0.5) is 0 Å². The Balaban J connectivity index is 1.91. The van der Waals surface area contributed by atoms with Crippen LogP contribution in [0.2, 0.25) is 0 Å². The van der Waals surface area contributed by atoms with Crippen molar-refractivity contribution in [2.45, 2.75) is 44.8 Å². The molecule has 2 aliphatic rings. The van der Waals surface area contributed by atoms with Gasteiger partial charge in [0.2, 0.25) is 0 Å². The molecule has 0 aromatic heterocycles. The van der Waals surface area contributed by atoms with Crippen molar-refractivity contribution < 1.29 is 9.84 Å². The smallest absolute Gasteiger partial charge is 0.128 e. The third-order valence-corrected chi connectivity index (χ3v) is 4.39. The highest BCUT2D eigenvalue weighted by molar-refractivity contribution is 5.46. The number of aliphatic hydroxyl groups excluding tert-OH is 1. The molecule has 2 heterocycles. The van der Waals surface area contributed by atoms with Gasteiger partial charge < -0.3 is 9.84 Å². The van der Waals surface area contributed by atoms with E-state index in [-0.39, 0.29) is 6.04 Å². The third kappa shape index (κ3) is 2.26. The van der Waals surface area contributed by atoms with Gasteiger partial charge in [0.05, 0.1) is 6.04 Å². The van der Waals surface area contributed by atoms with Crippen LogP contribution in [0.15, 0.2) is 18.2 Å². The summed E-state index contributed by atoms with van der Waals surface area (Å²) in [6.45, 7) is 7.11. The first kappa shape index (κ1) is 12.9. The quantitative estimate of drug-likeness (QED) is 0.888. The Bertz CT molecular complexity index is 452. The maximum atomic E-state index is 10.7. The fourth-order valence-electron chi connectivity index (χ4n) is 3.27. The Morgan fingerprint density at radius 3 is 2.68 bits per heavy atom. The van der Waals surface area contributed by atoms with Gasteiger partial charge >= 0.3 is 0 Å². The van der Waals surface area contributed by atoms with Crippen LogP contribution < -0.4 is 4.74 Å². The van der Waals surface area contributed by atoms with Gasteiger partial charge in [0.15, 0.2) is 0 Å². The van der Waals surface area contributed by atoms with E-state index in [4.69, 9.17) is 4.74 Å². The van der Waals surface area contributed by atoms with Crippen LogP contribution in [-0.4, -0.2) is 35.7 Å². The number of benzene rings is 1. The summed E-state index contributed by atoms with van der Waals surface area (Å²) in [5, 5.41) is 10.7. The normalized spacial score (nSPS) is 27.4. The van der Waals surface area contributed by atoms with Gasteiger partial charge in [-0.05, 0) is 37.4 Å². The van der Waals surface area contributed by atoms with Crippen LogP contribution in [0.25, 0.3) is 0 Å². The van der Waals surface area contributed by atoms with Crippen LogP contribution in [0.3, 0.4) is 0 Å². The molecule has 1 N–H and O–H groups in total. The topological polar surface area (TPSA) is 32.7 Å². The molecular formula is C16H23NO2. The predicted molar refractivity (Wildman–Crippen MR) is 75.6 cm³/mol. The number of hydrogen-bond acceptors (Lipinski definition) is 3. The van der Waals surface area contributed by atoms with Gasteiger partial charge in [-0.1, -0.05) is 32.0 Å². The van der Waals surface area contributed by atoms with Crippen LogP contribution >= 0.6 is 0 Å². The molecule has 0 spiro atoms. The van der Waals surface area contributed by atoms with Crippen LogP contribution in [0.1, 0.15) is 49.8 Å². The van der Waals surface area contributed by atoms with Crippen molar-refractivity contribution >= 4 is 0 Å². The van der Waals surface area contributed by atoms with Crippen molar-refractivity contribution in [3.05, 3.63) is 29.3 Å². The van der Waals surface area contributed by atoms with E-state index in [9.17, 15) is 5.11 Å². The van der Waals surface area contributed by atoms with Crippen LogP contribution in [0.5, 0.6) is 5.75 Å². The molecule has 1 aromatic rings. The predicted octanol–water partition coefficient (Wildman–Crippen LogP) is 2.70. The molecule has 2 unspecified atom stereocenters. The summed E-state index contributed by atoms with van der Waals surface area (Å²) in [6, 6.07) is 6.27. The number of hydrogen-bond donors (Lipinski definition) is 1. The fraction of sp³-hybridized carbons (Fsp3) is 0.625. The summed E-state index contributed by atoms with van der Waals surface area (Å²) in [5.41, 5.74) is 2.17. The first-order chi connectivity index (χ1) is 9.18. The number of fused-ring (bicyclic) bond motifs is 1. The summed E-state index contributed by atoms with van der Waals surface area (Å²) in [6.07, 6.45) is 2.06. The Kier molecular flexibility index (Phi) is 3.50. The summed E-state index contributed by atoms with van der Waals surface area (Å²) in [7, 11) is 0. The second-order valence-corrected chi connectivity index (χ2v) is 5.99. The van der Waals surface area contributed by atoms with E-state index in [1.54, 1.807) is 0 Å². The minimum Gasteiger partial charge on any atom is -0.491 e. The fourth-order valence-corrected chi connectivity index (χ4v) is 3.27. The molecule has 2 atom stereocenters. The summed E-state index contributed by atoms with van der Waals surface area (Å²) < 4.78 is 6.01. The van der Waals surface area contributed by atoms with Gasteiger partial charge in [0.25, 0.3) is 0 Å². The highest BCUT2D eigenvalue weighted by Gasteiger charge is 2.35. The second kappa shape index (κ2) is 5.14. The zero-order valence-electron chi connectivity index (χ0n) is 11.8. The van der Waals surface area contributed by atoms with E-state index in [2.05, 4.69) is 24.8 Å². The molecule has 2 aliphatic heterocycles. The van der Waals surface area contributed by atoms with E-state index in [0.29, 0.717) is 12.5 Å². The molecule has 0 amide bonds. The third-order valence-electron chi connectivity index (χ3n) is 4.39. The molecule has 0 bridgehead atoms. The Labute approximate surface area is 115 Å². The van der Waals surface area contributed by atoms with Crippen molar-refractivity contribution in [2.75, 3.05) is 19.7 Å². The van der Waals surface area contributed by atoms with Crippen LogP contribution in [-0.2, 0) is 0 Å². The average Bonchev–Trinajstić information content (AvgIpc) is 2.92. The molecular weight excluding hydrogens is 238 g/mol. The van der Waals surface area contributed by atoms with E-state index in [1.807, 2.05) is 12.1 Å². The number of nitrogens with zero attached hydrogens (tertiary/aromatic N) is 1. The molecule has 3 heteroatoms. The Morgan fingerprint density at radius 1 is 1.26 bits per heavy atom. The molecule has 0 aliphatic carbocycles. The lowest BCUT2D eigenvalue weighted by Crippen LogP contribution is -2.44. The van der Waals surface area contributed by atoms with Gasteiger partial charge in [-0.15, -0.1) is 0 Å². The lowest BCUT2D eigenvalue weighted by atomic mass is 9.92. The molecule has 19 heavy (non-hydrogen) atoms. The lowest BCUT2D eigenvalue weighted by molar-refractivity contribution is 0.0135. The molecule has 3 nitrogen and oxygen atoms in total. The summed E-state index contributed by atoms with van der Waals surface area (Å²) in [5.74, 6) is 1.34. The van der Waals surface area contributed by atoms with Crippen molar-refractivity contribution in [2.24, 2.45) is 0 Å². The maximum absolute atomic E-state index is 10.7. The second-order valence-electron chi connectivity index (χ2n) is 5.99. The summed E-state index contributed by atoms with van der Waals surface area (Å²) in [4.78, 5) is 2.37. The van der Waals surface area contributed by atoms with E-state index >= 15 is 0 Å². The lowest BCUT2D eigenvalue weighted by Gasteiger charge is -2.37. The number of ether oxygens (including phenoxy) is 1. The van der Waals surface area contributed by atoms with E-state index in [1.165, 1.54) is 18.4 Å². The minimum absolute atomic E-state index is 0.123. The minimum atomic E-state index is -0.416. The standard InChI is InChI=1S/C16H23NO2/c1-11(2)12-6-5-7-13-15(18)14(10-19-16(12)13)17-8-3-4-9-17/h5-7,11,14-15,18H,3-4,8-10H2,1-2H3. The molecule has 1 saturated heterocycles. The highest BCUT2D eigenvalue weighted by atomic mass is 16.5. The first-order valence-electron chi connectivity index (χ1n) is 7.36. The Hall–Kier alpha value is -1.06. The monoisotopic (exact) mass is 261 g/mol. The number of rotatable bonds is 2. The maximum Gasteiger partial charge on any atom is 0.128 e. The van der Waals surface area contributed by atoms with Gasteiger partial charge in [0, 0.05) is 5.56 Å². The molecule has 0 saturated carbocycles. The van der Waals surface area contributed by atoms with Crippen molar-refractivity contribution in [1.82, 2.24) is 4.90 Å². The van der Waals surface area contributed by atoms with Gasteiger partial charge in [0.1, 0.15) is 18.5 Å². The number of para-hydroxylation sites is 1. The zero-order valence-corrected chi connectivity index (χ0v) is 11.8. The SMILES string of the molecule is CC(C)c1cccc2c1OCC(N1CCCC1)C2O. The number of likely N-dealkylation sites (tertiary alicyclic amines) is 1. The van der Waals surface area contributed by atoms with Crippen LogP contribution in [0, 0.1) is 0 Å². The average molecular weight is 261 g/mol. The zero-order chi connectivity index (χ0) is 13.4. The van der Waals surface area contributed by atoms with Crippen molar-refractivity contribution in [3.63, 3.8) is 0 Å². The first-order valence-corrected chi connectivity index (χ1v) is 7.36. The molecule has 0 radical (unpaired) electrons. The van der Waals surface area contributed by atoms with Crippen molar-refractivity contribution in [1.29, 1.82) is 0 Å². The Morgan fingerprint density at radius 2 is 2.00 bits per heavy atom. The number of aliphatic hydroxyl groups is 1. The molecule has 104 valence electrons. The largest absolute Gasteiger partial charge is 0.491 e. The molecule has 3 rings (SSSR count). The van der Waals surface area contributed by atoms with Gasteiger partial charge in [-0.2, -0.15) is 0 Å². The summed E-state index contributed by atoms with van der Waals surface area (Å²) >= 11 is 0. The van der Waals surface area contributed by atoms with Gasteiger partial charge in [-0.3, -0.25) is 4.90 Å². The van der Waals surface area contributed by atoms with E-state index < -0.39 is 6.10 Å². The van der Waals surface area contributed by atoms with Crippen molar-refractivity contribution in [3.8, 4) is 5.75 Å². The highest BCUT2D eigenvalue weighted by Crippen LogP contribution is 2.39. The van der Waals surface area contributed by atoms with E-state index in [0.717, 1.165) is 24.4 Å². The molecule has 1 aromatic carbocycles. The molecule has 1 fully saturated rings.